The summed E-state index contributed by atoms with van der Waals surface area (Å²) in [7, 11) is -2.17. The summed E-state index contributed by atoms with van der Waals surface area (Å²) < 4.78 is 25.6. The second-order valence-corrected chi connectivity index (χ2v) is 6.74. The van der Waals surface area contributed by atoms with Crippen molar-refractivity contribution < 1.29 is 8.42 Å². The maximum Gasteiger partial charge on any atom is 0.296 e. The number of nitrogens with zero attached hydrogens (tertiary/aromatic N) is 2. The van der Waals surface area contributed by atoms with E-state index < -0.39 is 10.2 Å². The van der Waals surface area contributed by atoms with Gasteiger partial charge in [0.1, 0.15) is 0 Å². The quantitative estimate of drug-likeness (QED) is 0.740. The van der Waals surface area contributed by atoms with Crippen molar-refractivity contribution in [3.8, 4) is 0 Å². The van der Waals surface area contributed by atoms with Crippen molar-refractivity contribution in [2.75, 3.05) is 4.72 Å². The average molecular weight is 344 g/mol. The highest BCUT2D eigenvalue weighted by Crippen LogP contribution is 2.18. The van der Waals surface area contributed by atoms with Crippen molar-refractivity contribution in [1.29, 1.82) is 0 Å². The molecule has 124 valence electrons. The molecule has 8 heteroatoms. The van der Waals surface area contributed by atoms with Gasteiger partial charge in [0.05, 0.1) is 11.1 Å². The fraction of sp³-hybridized carbons (Fsp3) is 0.125. The molecule has 0 radical (unpaired) electrons. The molecule has 0 saturated heterocycles. The van der Waals surface area contributed by atoms with Crippen LogP contribution in [0.5, 0.6) is 0 Å². The third-order valence-corrected chi connectivity index (χ3v) is 4.14. The highest BCUT2D eigenvalue weighted by atomic mass is 32.2. The number of aryl methyl sites for hydroxylation is 1. The second-order valence-electron chi connectivity index (χ2n) is 5.44. The number of fused-ring (bicyclic) bond motifs is 1. The standard InChI is InChI=1S/C16H16N4O3S/c1-20-16(21)14-5-3-2-4-13(14)15(18-20)10-11-6-8-12(9-7-11)19-24(17,22)23/h2-9,19H,10H2,1H3,(H2,17,22,23). The third kappa shape index (κ3) is 3.44. The molecule has 2 aromatic carbocycles. The minimum atomic E-state index is -3.79. The largest absolute Gasteiger partial charge is 0.296 e. The smallest absolute Gasteiger partial charge is 0.271 e. The van der Waals surface area contributed by atoms with Crippen molar-refractivity contribution in [3.63, 3.8) is 0 Å². The van der Waals surface area contributed by atoms with E-state index >= 15 is 0 Å². The first-order valence-corrected chi connectivity index (χ1v) is 8.72. The van der Waals surface area contributed by atoms with Crippen molar-refractivity contribution in [1.82, 2.24) is 9.78 Å². The molecule has 0 aliphatic rings. The molecule has 1 aromatic heterocycles. The third-order valence-electron chi connectivity index (χ3n) is 3.62. The maximum absolute atomic E-state index is 12.1. The lowest BCUT2D eigenvalue weighted by Crippen LogP contribution is -2.22. The van der Waals surface area contributed by atoms with Crippen LogP contribution in [-0.4, -0.2) is 18.2 Å². The van der Waals surface area contributed by atoms with E-state index in [1.165, 1.54) is 4.68 Å². The molecule has 3 N–H and O–H groups in total. The average Bonchev–Trinajstić information content (AvgIpc) is 2.53. The zero-order valence-corrected chi connectivity index (χ0v) is 13.7. The Morgan fingerprint density at radius 3 is 2.33 bits per heavy atom. The van der Waals surface area contributed by atoms with Gasteiger partial charge in [-0.15, -0.1) is 0 Å². The summed E-state index contributed by atoms with van der Waals surface area (Å²) in [6.07, 6.45) is 0.518. The van der Waals surface area contributed by atoms with E-state index in [0.29, 0.717) is 17.5 Å². The number of hydrogen-bond acceptors (Lipinski definition) is 4. The second kappa shape index (κ2) is 6.06. The molecular formula is C16H16N4O3S. The lowest BCUT2D eigenvalue weighted by atomic mass is 10.0. The topological polar surface area (TPSA) is 107 Å². The molecule has 1 heterocycles. The summed E-state index contributed by atoms with van der Waals surface area (Å²) in [5, 5.41) is 10.7. The molecule has 0 unspecified atom stereocenters. The number of rotatable bonds is 4. The molecule has 0 bridgehead atoms. The van der Waals surface area contributed by atoms with Gasteiger partial charge >= 0.3 is 0 Å². The Labute approximate surface area is 138 Å². The van der Waals surface area contributed by atoms with Crippen LogP contribution in [0.2, 0.25) is 0 Å². The van der Waals surface area contributed by atoms with E-state index in [1.807, 2.05) is 18.2 Å². The highest BCUT2D eigenvalue weighted by molar-refractivity contribution is 7.90. The molecule has 0 saturated carbocycles. The van der Waals surface area contributed by atoms with Gasteiger partial charge in [-0.3, -0.25) is 9.52 Å². The van der Waals surface area contributed by atoms with Crippen molar-refractivity contribution in [2.45, 2.75) is 6.42 Å². The van der Waals surface area contributed by atoms with Crippen LogP contribution in [-0.2, 0) is 23.7 Å². The Kier molecular flexibility index (Phi) is 4.08. The summed E-state index contributed by atoms with van der Waals surface area (Å²) in [5.41, 5.74) is 1.97. The van der Waals surface area contributed by atoms with E-state index in [9.17, 15) is 13.2 Å². The molecule has 0 aliphatic carbocycles. The Morgan fingerprint density at radius 2 is 1.71 bits per heavy atom. The van der Waals surface area contributed by atoms with Crippen LogP contribution in [0.1, 0.15) is 11.3 Å². The molecule has 3 rings (SSSR count). The molecule has 3 aromatic rings. The number of aromatic nitrogens is 2. The molecule has 24 heavy (non-hydrogen) atoms. The van der Waals surface area contributed by atoms with Gasteiger partial charge in [0.2, 0.25) is 0 Å². The zero-order valence-electron chi connectivity index (χ0n) is 12.9. The summed E-state index contributed by atoms with van der Waals surface area (Å²) >= 11 is 0. The van der Waals surface area contributed by atoms with Crippen LogP contribution in [0.4, 0.5) is 5.69 Å². The maximum atomic E-state index is 12.1. The Balaban J connectivity index is 1.96. The zero-order chi connectivity index (χ0) is 17.3. The van der Waals surface area contributed by atoms with Crippen LogP contribution in [0.3, 0.4) is 0 Å². The summed E-state index contributed by atoms with van der Waals surface area (Å²) in [6.45, 7) is 0. The van der Waals surface area contributed by atoms with E-state index in [-0.39, 0.29) is 5.56 Å². The number of hydrogen-bond donors (Lipinski definition) is 2. The Morgan fingerprint density at radius 1 is 1.08 bits per heavy atom. The summed E-state index contributed by atoms with van der Waals surface area (Å²) in [5.74, 6) is 0. The van der Waals surface area contributed by atoms with E-state index in [1.54, 1.807) is 37.4 Å². The van der Waals surface area contributed by atoms with Gasteiger partial charge in [0.25, 0.3) is 15.8 Å². The number of nitrogens with two attached hydrogens (primary N) is 1. The minimum absolute atomic E-state index is 0.137. The van der Waals surface area contributed by atoms with Gasteiger partial charge in [-0.1, -0.05) is 30.3 Å². The van der Waals surface area contributed by atoms with Crippen LogP contribution < -0.4 is 15.4 Å². The van der Waals surface area contributed by atoms with Crippen LogP contribution in [0.15, 0.2) is 53.3 Å². The van der Waals surface area contributed by atoms with Gasteiger partial charge in [-0.05, 0) is 23.8 Å². The molecule has 0 aliphatic heterocycles. The van der Waals surface area contributed by atoms with Crippen LogP contribution in [0.25, 0.3) is 10.8 Å². The summed E-state index contributed by atoms with van der Waals surface area (Å²) in [4.78, 5) is 12.1. The first-order valence-electron chi connectivity index (χ1n) is 7.18. The van der Waals surface area contributed by atoms with Crippen molar-refractivity contribution >= 4 is 26.7 Å². The van der Waals surface area contributed by atoms with Gasteiger partial charge in [-0.25, -0.2) is 9.82 Å². The lowest BCUT2D eigenvalue weighted by molar-refractivity contribution is 0.603. The number of nitrogens with one attached hydrogen (secondary N) is 1. The predicted octanol–water partition coefficient (Wildman–Crippen LogP) is 1.14. The normalized spacial score (nSPS) is 11.6. The monoisotopic (exact) mass is 344 g/mol. The van der Waals surface area contributed by atoms with E-state index in [2.05, 4.69) is 9.82 Å². The Hall–Kier alpha value is -2.71. The van der Waals surface area contributed by atoms with Gasteiger partial charge in [0.15, 0.2) is 0 Å². The first-order chi connectivity index (χ1) is 11.3. The fourth-order valence-electron chi connectivity index (χ4n) is 2.55. The van der Waals surface area contributed by atoms with Gasteiger partial charge < -0.3 is 0 Å². The molecule has 0 spiro atoms. The van der Waals surface area contributed by atoms with Gasteiger partial charge in [-0.2, -0.15) is 13.5 Å². The molecular weight excluding hydrogens is 328 g/mol. The predicted molar refractivity (Wildman–Crippen MR) is 93.0 cm³/mol. The Bertz CT molecular complexity index is 1060. The highest BCUT2D eigenvalue weighted by Gasteiger charge is 2.09. The van der Waals surface area contributed by atoms with Crippen LogP contribution in [0, 0.1) is 0 Å². The van der Waals surface area contributed by atoms with E-state index in [4.69, 9.17) is 5.14 Å². The molecule has 0 amide bonds. The lowest BCUT2D eigenvalue weighted by Gasteiger charge is -2.09. The number of anilines is 1. The molecule has 0 atom stereocenters. The molecule has 7 nitrogen and oxygen atoms in total. The first kappa shape index (κ1) is 16.2. The van der Waals surface area contributed by atoms with Gasteiger partial charge in [0, 0.05) is 24.5 Å². The SMILES string of the molecule is Cn1nc(Cc2ccc(NS(N)(=O)=O)cc2)c2ccccc2c1=O. The molecule has 0 fully saturated rings. The van der Waals surface area contributed by atoms with Crippen molar-refractivity contribution in [3.05, 3.63) is 70.1 Å². The van der Waals surface area contributed by atoms with Crippen molar-refractivity contribution in [2.24, 2.45) is 12.2 Å². The fourth-order valence-corrected chi connectivity index (χ4v) is 3.02. The number of benzene rings is 2. The minimum Gasteiger partial charge on any atom is -0.271 e. The van der Waals surface area contributed by atoms with Crippen LogP contribution >= 0.6 is 0 Å². The summed E-state index contributed by atoms with van der Waals surface area (Å²) in [6, 6.07) is 14.2. The van der Waals surface area contributed by atoms with E-state index in [0.717, 1.165) is 16.6 Å².